The standard InChI is InChI=1S/C21H15F3N4O/c22-21(23,24)17-9-7-15(25)20(28-17)19(26-14-4-2-1-3-5-14)12-6-8-16-13(10-12)11-18(29)27-16/h1-10,25-26H,11H2,(H,27,29)/b20-19+,25-15?. The van der Waals surface area contributed by atoms with Crippen molar-refractivity contribution in [1.82, 2.24) is 0 Å². The molecule has 0 bridgehead atoms. The third-order valence-electron chi connectivity index (χ3n) is 4.48. The number of fused-ring (bicyclic) bond motifs is 1. The lowest BCUT2D eigenvalue weighted by Gasteiger charge is -2.19. The maximum absolute atomic E-state index is 13.2. The van der Waals surface area contributed by atoms with Crippen LogP contribution in [0.5, 0.6) is 0 Å². The van der Waals surface area contributed by atoms with E-state index in [0.717, 1.165) is 17.7 Å². The molecule has 8 heteroatoms. The van der Waals surface area contributed by atoms with Crippen molar-refractivity contribution in [1.29, 1.82) is 5.41 Å². The SMILES string of the molecule is N=C1C=CC(C(F)(F)F)=N/C1=C(/Nc1ccccc1)c1ccc2c(c1)CC(=O)N2. The van der Waals surface area contributed by atoms with E-state index >= 15 is 0 Å². The van der Waals surface area contributed by atoms with Gasteiger partial charge < -0.3 is 10.6 Å². The van der Waals surface area contributed by atoms with Crippen LogP contribution in [0.25, 0.3) is 5.70 Å². The van der Waals surface area contributed by atoms with Crippen LogP contribution in [0.3, 0.4) is 0 Å². The van der Waals surface area contributed by atoms with E-state index in [4.69, 9.17) is 5.41 Å². The summed E-state index contributed by atoms with van der Waals surface area (Å²) in [6.45, 7) is 0. The molecule has 0 spiro atoms. The van der Waals surface area contributed by atoms with E-state index in [-0.39, 0.29) is 29.4 Å². The molecule has 0 fully saturated rings. The molecule has 2 aliphatic rings. The average molecular weight is 396 g/mol. The first kappa shape index (κ1) is 18.7. The third-order valence-corrected chi connectivity index (χ3v) is 4.48. The van der Waals surface area contributed by atoms with E-state index in [1.54, 1.807) is 42.5 Å². The Bertz CT molecular complexity index is 1100. The Labute approximate surface area is 164 Å². The number of hydrogen-bond donors (Lipinski definition) is 3. The van der Waals surface area contributed by atoms with Gasteiger partial charge in [-0.2, -0.15) is 13.2 Å². The number of dihydropyridines is 1. The molecule has 4 rings (SSSR count). The molecule has 0 radical (unpaired) electrons. The quantitative estimate of drug-likeness (QED) is 0.712. The molecule has 0 saturated carbocycles. The van der Waals surface area contributed by atoms with E-state index < -0.39 is 11.9 Å². The number of amides is 1. The number of nitrogens with one attached hydrogen (secondary N) is 3. The van der Waals surface area contributed by atoms with Gasteiger partial charge in [0.2, 0.25) is 5.91 Å². The van der Waals surface area contributed by atoms with Crippen molar-refractivity contribution in [3.8, 4) is 0 Å². The highest BCUT2D eigenvalue weighted by Crippen LogP contribution is 2.32. The minimum atomic E-state index is -4.63. The van der Waals surface area contributed by atoms with E-state index in [1.807, 2.05) is 6.07 Å². The van der Waals surface area contributed by atoms with Gasteiger partial charge in [-0.15, -0.1) is 0 Å². The Balaban J connectivity index is 1.87. The fourth-order valence-electron chi connectivity index (χ4n) is 3.13. The predicted molar refractivity (Wildman–Crippen MR) is 106 cm³/mol. The van der Waals surface area contributed by atoms with Crippen LogP contribution < -0.4 is 10.6 Å². The van der Waals surface area contributed by atoms with Crippen LogP contribution in [0, 0.1) is 5.41 Å². The molecule has 5 nitrogen and oxygen atoms in total. The number of alkyl halides is 3. The Morgan fingerprint density at radius 3 is 2.59 bits per heavy atom. The molecule has 2 aromatic carbocycles. The number of rotatable bonds is 3. The van der Waals surface area contributed by atoms with Crippen molar-refractivity contribution in [2.24, 2.45) is 4.99 Å². The van der Waals surface area contributed by atoms with Crippen molar-refractivity contribution in [3.05, 3.63) is 77.5 Å². The van der Waals surface area contributed by atoms with Crippen molar-refractivity contribution in [2.45, 2.75) is 12.6 Å². The summed E-state index contributed by atoms with van der Waals surface area (Å²) in [5.41, 5.74) is 1.48. The maximum atomic E-state index is 13.2. The molecule has 2 aromatic rings. The highest BCUT2D eigenvalue weighted by molar-refractivity contribution is 6.20. The first-order valence-electron chi connectivity index (χ1n) is 8.73. The molecule has 0 aromatic heterocycles. The summed E-state index contributed by atoms with van der Waals surface area (Å²) in [7, 11) is 0. The fraction of sp³-hybridized carbons (Fsp3) is 0.0952. The van der Waals surface area contributed by atoms with E-state index in [0.29, 0.717) is 16.9 Å². The second-order valence-electron chi connectivity index (χ2n) is 6.55. The zero-order valence-corrected chi connectivity index (χ0v) is 15.0. The fourth-order valence-corrected chi connectivity index (χ4v) is 3.13. The van der Waals surface area contributed by atoms with Crippen LogP contribution >= 0.6 is 0 Å². The number of carbonyl (C=O) groups is 1. The van der Waals surface area contributed by atoms with Crippen molar-refractivity contribution in [2.75, 3.05) is 10.6 Å². The van der Waals surface area contributed by atoms with Crippen LogP contribution in [0.1, 0.15) is 11.1 Å². The average Bonchev–Trinajstić information content (AvgIpc) is 3.06. The highest BCUT2D eigenvalue weighted by Gasteiger charge is 2.36. The second-order valence-corrected chi connectivity index (χ2v) is 6.55. The molecule has 1 amide bonds. The zero-order chi connectivity index (χ0) is 20.6. The molecular formula is C21H15F3N4O. The first-order chi connectivity index (χ1) is 13.8. The van der Waals surface area contributed by atoms with Gasteiger partial charge in [0.15, 0.2) is 0 Å². The van der Waals surface area contributed by atoms with Crippen molar-refractivity contribution in [3.63, 3.8) is 0 Å². The molecule has 0 atom stereocenters. The molecule has 0 unspecified atom stereocenters. The monoisotopic (exact) mass is 396 g/mol. The van der Waals surface area contributed by atoms with Gasteiger partial charge in [-0.1, -0.05) is 24.3 Å². The molecule has 2 heterocycles. The lowest BCUT2D eigenvalue weighted by atomic mass is 10.0. The normalized spacial score (nSPS) is 17.6. The Kier molecular flexibility index (Phi) is 4.54. The number of hydrogen-bond acceptors (Lipinski definition) is 4. The van der Waals surface area contributed by atoms with Crippen LogP contribution in [0.4, 0.5) is 24.5 Å². The number of para-hydroxylation sites is 1. The summed E-state index contributed by atoms with van der Waals surface area (Å²) in [5, 5.41) is 14.0. The van der Waals surface area contributed by atoms with Gasteiger partial charge in [0.1, 0.15) is 11.4 Å². The summed E-state index contributed by atoms with van der Waals surface area (Å²) < 4.78 is 39.6. The molecule has 2 aliphatic heterocycles. The summed E-state index contributed by atoms with van der Waals surface area (Å²) in [4.78, 5) is 15.4. The summed E-state index contributed by atoms with van der Waals surface area (Å²) in [5.74, 6) is -0.145. The van der Waals surface area contributed by atoms with Gasteiger partial charge in [-0.25, -0.2) is 4.99 Å². The third kappa shape index (κ3) is 3.82. The van der Waals surface area contributed by atoms with Gasteiger partial charge in [-0.3, -0.25) is 10.2 Å². The summed E-state index contributed by atoms with van der Waals surface area (Å²) in [6.07, 6.45) is -2.58. The molecule has 29 heavy (non-hydrogen) atoms. The number of nitrogens with zero attached hydrogens (tertiary/aromatic N) is 1. The van der Waals surface area contributed by atoms with Crippen LogP contribution in [0.2, 0.25) is 0 Å². The van der Waals surface area contributed by atoms with Gasteiger partial charge in [0, 0.05) is 16.9 Å². The van der Waals surface area contributed by atoms with Crippen molar-refractivity contribution < 1.29 is 18.0 Å². The Hall–Kier alpha value is -3.68. The lowest BCUT2D eigenvalue weighted by Crippen LogP contribution is -2.25. The summed E-state index contributed by atoms with van der Waals surface area (Å²) in [6, 6.07) is 14.0. The van der Waals surface area contributed by atoms with Crippen LogP contribution in [-0.2, 0) is 11.2 Å². The smallest absolute Gasteiger partial charge is 0.353 e. The van der Waals surface area contributed by atoms with Gasteiger partial charge in [0.05, 0.1) is 17.8 Å². The van der Waals surface area contributed by atoms with Crippen LogP contribution in [-0.4, -0.2) is 23.5 Å². The highest BCUT2D eigenvalue weighted by atomic mass is 19.4. The number of halogens is 3. The van der Waals surface area contributed by atoms with E-state index in [1.165, 1.54) is 0 Å². The lowest BCUT2D eigenvalue weighted by molar-refractivity contribution is -0.115. The summed E-state index contributed by atoms with van der Waals surface area (Å²) >= 11 is 0. The minimum absolute atomic E-state index is 0.124. The zero-order valence-electron chi connectivity index (χ0n) is 15.0. The molecule has 3 N–H and O–H groups in total. The van der Waals surface area contributed by atoms with Gasteiger partial charge in [0.25, 0.3) is 0 Å². The Morgan fingerprint density at radius 1 is 1.10 bits per heavy atom. The maximum Gasteiger partial charge on any atom is 0.433 e. The number of benzene rings is 2. The van der Waals surface area contributed by atoms with Crippen LogP contribution in [0.15, 0.2) is 71.4 Å². The molecule has 146 valence electrons. The Morgan fingerprint density at radius 2 is 1.86 bits per heavy atom. The van der Waals surface area contributed by atoms with E-state index in [9.17, 15) is 18.0 Å². The number of carbonyl (C=O) groups excluding carboxylic acids is 1. The van der Waals surface area contributed by atoms with Crippen molar-refractivity contribution >= 4 is 34.4 Å². The number of aliphatic imine (C=N–C) groups is 1. The van der Waals surface area contributed by atoms with Gasteiger partial charge >= 0.3 is 6.18 Å². The molecular weight excluding hydrogens is 381 g/mol. The molecule has 0 saturated heterocycles. The minimum Gasteiger partial charge on any atom is -0.353 e. The molecule has 0 aliphatic carbocycles. The van der Waals surface area contributed by atoms with Gasteiger partial charge in [-0.05, 0) is 42.0 Å². The predicted octanol–water partition coefficient (Wildman–Crippen LogP) is 4.55. The largest absolute Gasteiger partial charge is 0.433 e. The van der Waals surface area contributed by atoms with E-state index in [2.05, 4.69) is 15.6 Å². The topological polar surface area (TPSA) is 77.3 Å². The first-order valence-corrected chi connectivity index (χ1v) is 8.73. The number of allylic oxidation sites excluding steroid dienone is 2. The second kappa shape index (κ2) is 7.05. The number of anilines is 2.